The van der Waals surface area contributed by atoms with Crippen molar-refractivity contribution in [1.82, 2.24) is 9.97 Å². The highest BCUT2D eigenvalue weighted by Crippen LogP contribution is 2.37. The van der Waals surface area contributed by atoms with Gasteiger partial charge in [-0.15, -0.1) is 0 Å². The van der Waals surface area contributed by atoms with Crippen molar-refractivity contribution in [2.45, 2.75) is 45.4 Å². The van der Waals surface area contributed by atoms with Crippen LogP contribution in [0.1, 0.15) is 61.8 Å². The Labute approximate surface area is 118 Å². The lowest BCUT2D eigenvalue weighted by molar-refractivity contribution is 0.0690. The van der Waals surface area contributed by atoms with E-state index in [0.29, 0.717) is 11.7 Å². The van der Waals surface area contributed by atoms with Gasteiger partial charge in [-0.2, -0.15) is 0 Å². The Morgan fingerprint density at radius 2 is 2.00 bits per heavy atom. The maximum absolute atomic E-state index is 11.0. The predicted molar refractivity (Wildman–Crippen MR) is 73.5 cm³/mol. The Kier molecular flexibility index (Phi) is 4.40. The van der Waals surface area contributed by atoms with Gasteiger partial charge in [-0.25, -0.2) is 14.8 Å². The second kappa shape index (κ2) is 5.87. The molecule has 0 atom stereocenters. The molecule has 2 rings (SSSR count). The van der Waals surface area contributed by atoms with Crippen LogP contribution in [-0.2, 0) is 0 Å². The van der Waals surface area contributed by atoms with Crippen molar-refractivity contribution in [3.8, 4) is 0 Å². The molecular weight excluding hydrogens is 264 g/mol. The number of hydrogen-bond donors (Lipinski definition) is 1. The third-order valence-corrected chi connectivity index (χ3v) is 4.32. The molecule has 1 fully saturated rings. The molecule has 1 saturated carbocycles. The Hall–Kier alpha value is -1.16. The first-order chi connectivity index (χ1) is 8.99. The standard InChI is InChI=1S/C14H19ClN2O2/c1-8(2)9-3-5-10(6-4-9)13-16-7-11(15)12(17-13)14(18)19/h7-10H,3-6H2,1-2H3,(H,18,19). The fraction of sp³-hybridized carbons (Fsp3) is 0.643. The number of hydrogen-bond acceptors (Lipinski definition) is 3. The van der Waals surface area contributed by atoms with Crippen LogP contribution in [-0.4, -0.2) is 21.0 Å². The van der Waals surface area contributed by atoms with E-state index in [1.807, 2.05) is 0 Å². The SMILES string of the molecule is CC(C)C1CCC(c2ncc(Cl)c(C(=O)O)n2)CC1. The minimum atomic E-state index is -1.09. The van der Waals surface area contributed by atoms with Gasteiger partial charge in [0, 0.05) is 5.92 Å². The van der Waals surface area contributed by atoms with E-state index in [1.54, 1.807) is 0 Å². The first-order valence-corrected chi connectivity index (χ1v) is 7.12. The van der Waals surface area contributed by atoms with Crippen LogP contribution in [0.5, 0.6) is 0 Å². The predicted octanol–water partition coefficient (Wildman–Crippen LogP) is 3.76. The van der Waals surface area contributed by atoms with Gasteiger partial charge in [0.25, 0.3) is 0 Å². The largest absolute Gasteiger partial charge is 0.476 e. The lowest BCUT2D eigenvalue weighted by atomic mass is 9.77. The lowest BCUT2D eigenvalue weighted by Gasteiger charge is -2.30. The molecule has 0 radical (unpaired) electrons. The normalized spacial score (nSPS) is 23.6. The average molecular weight is 283 g/mol. The van der Waals surface area contributed by atoms with Crippen molar-refractivity contribution >= 4 is 17.6 Å². The fourth-order valence-electron chi connectivity index (χ4n) is 2.77. The van der Waals surface area contributed by atoms with Gasteiger partial charge >= 0.3 is 5.97 Å². The molecule has 0 aliphatic heterocycles. The van der Waals surface area contributed by atoms with Crippen molar-refractivity contribution in [2.24, 2.45) is 11.8 Å². The van der Waals surface area contributed by atoms with Gasteiger partial charge in [-0.3, -0.25) is 0 Å². The van der Waals surface area contributed by atoms with Gasteiger partial charge in [0.2, 0.25) is 0 Å². The minimum Gasteiger partial charge on any atom is -0.476 e. The first kappa shape index (κ1) is 14.3. The van der Waals surface area contributed by atoms with Crippen molar-refractivity contribution in [1.29, 1.82) is 0 Å². The third-order valence-electron chi connectivity index (χ3n) is 4.05. The average Bonchev–Trinajstić information content (AvgIpc) is 2.39. The van der Waals surface area contributed by atoms with Crippen LogP contribution in [0.3, 0.4) is 0 Å². The summed E-state index contributed by atoms with van der Waals surface area (Å²) in [6.07, 6.45) is 5.79. The number of carboxylic acid groups (broad SMARTS) is 1. The Morgan fingerprint density at radius 1 is 1.37 bits per heavy atom. The van der Waals surface area contributed by atoms with Crippen LogP contribution in [0.4, 0.5) is 0 Å². The maximum atomic E-state index is 11.0. The summed E-state index contributed by atoms with van der Waals surface area (Å²) in [5.74, 6) is 1.28. The highest BCUT2D eigenvalue weighted by molar-refractivity contribution is 6.33. The van der Waals surface area contributed by atoms with Crippen molar-refractivity contribution in [3.63, 3.8) is 0 Å². The smallest absolute Gasteiger partial charge is 0.356 e. The Bertz CT molecular complexity index is 469. The number of aromatic carboxylic acids is 1. The molecule has 1 heterocycles. The van der Waals surface area contributed by atoms with Gasteiger partial charge in [-0.05, 0) is 37.5 Å². The molecule has 1 aliphatic carbocycles. The topological polar surface area (TPSA) is 63.1 Å². The molecule has 19 heavy (non-hydrogen) atoms. The summed E-state index contributed by atoms with van der Waals surface area (Å²) in [6.45, 7) is 4.51. The maximum Gasteiger partial charge on any atom is 0.356 e. The molecule has 1 N–H and O–H groups in total. The zero-order chi connectivity index (χ0) is 14.0. The molecule has 0 aromatic carbocycles. The summed E-state index contributed by atoms with van der Waals surface area (Å²) in [5, 5.41) is 9.13. The van der Waals surface area contributed by atoms with Crippen LogP contribution >= 0.6 is 11.6 Å². The second-order valence-corrected chi connectivity index (χ2v) is 5.99. The molecule has 104 valence electrons. The molecule has 4 nitrogen and oxygen atoms in total. The molecule has 1 aromatic rings. The Balaban J connectivity index is 2.12. The van der Waals surface area contributed by atoms with Crippen LogP contribution in [0.2, 0.25) is 5.02 Å². The van der Waals surface area contributed by atoms with Crippen LogP contribution in [0.15, 0.2) is 6.20 Å². The number of carboxylic acids is 1. The molecule has 0 spiro atoms. The zero-order valence-corrected chi connectivity index (χ0v) is 12.0. The van der Waals surface area contributed by atoms with Gasteiger partial charge in [0.05, 0.1) is 11.2 Å². The summed E-state index contributed by atoms with van der Waals surface area (Å²) in [4.78, 5) is 19.4. The van der Waals surface area contributed by atoms with Crippen molar-refractivity contribution in [2.75, 3.05) is 0 Å². The summed E-state index contributed by atoms with van der Waals surface area (Å²) >= 11 is 5.79. The number of nitrogens with zero attached hydrogens (tertiary/aromatic N) is 2. The number of rotatable bonds is 3. The molecular formula is C14H19ClN2O2. The molecule has 5 heteroatoms. The number of carbonyl (C=O) groups is 1. The third kappa shape index (κ3) is 3.24. The highest BCUT2D eigenvalue weighted by atomic mass is 35.5. The van der Waals surface area contributed by atoms with E-state index >= 15 is 0 Å². The summed E-state index contributed by atoms with van der Waals surface area (Å²) in [6, 6.07) is 0. The van der Waals surface area contributed by atoms with Crippen molar-refractivity contribution in [3.05, 3.63) is 22.7 Å². The fourth-order valence-corrected chi connectivity index (χ4v) is 2.94. The molecule has 0 amide bonds. The van der Waals surface area contributed by atoms with E-state index in [4.69, 9.17) is 16.7 Å². The molecule has 1 aliphatic rings. The van der Waals surface area contributed by atoms with Gasteiger partial charge in [-0.1, -0.05) is 25.4 Å². The Morgan fingerprint density at radius 3 is 2.53 bits per heavy atom. The van der Waals surface area contributed by atoms with E-state index < -0.39 is 5.97 Å². The van der Waals surface area contributed by atoms with Crippen molar-refractivity contribution < 1.29 is 9.90 Å². The highest BCUT2D eigenvalue weighted by Gasteiger charge is 2.26. The molecule has 0 saturated heterocycles. The summed E-state index contributed by atoms with van der Waals surface area (Å²) < 4.78 is 0. The lowest BCUT2D eigenvalue weighted by Crippen LogP contribution is -2.19. The van der Waals surface area contributed by atoms with E-state index in [-0.39, 0.29) is 16.6 Å². The van der Waals surface area contributed by atoms with E-state index in [9.17, 15) is 4.79 Å². The van der Waals surface area contributed by atoms with Gasteiger partial charge in [0.15, 0.2) is 5.69 Å². The van der Waals surface area contributed by atoms with E-state index in [2.05, 4.69) is 23.8 Å². The van der Waals surface area contributed by atoms with Gasteiger partial charge in [0.1, 0.15) is 5.82 Å². The molecule has 0 unspecified atom stereocenters. The monoisotopic (exact) mass is 282 g/mol. The van der Waals surface area contributed by atoms with E-state index in [1.165, 1.54) is 6.20 Å². The second-order valence-electron chi connectivity index (χ2n) is 5.59. The van der Waals surface area contributed by atoms with Crippen LogP contribution in [0, 0.1) is 11.8 Å². The number of aromatic nitrogens is 2. The minimum absolute atomic E-state index is 0.0855. The van der Waals surface area contributed by atoms with Crippen LogP contribution in [0.25, 0.3) is 0 Å². The summed E-state index contributed by atoms with van der Waals surface area (Å²) in [7, 11) is 0. The zero-order valence-electron chi connectivity index (χ0n) is 11.3. The first-order valence-electron chi connectivity index (χ1n) is 6.74. The molecule has 1 aromatic heterocycles. The summed E-state index contributed by atoms with van der Waals surface area (Å²) in [5.41, 5.74) is -0.0855. The quantitative estimate of drug-likeness (QED) is 0.917. The van der Waals surface area contributed by atoms with E-state index in [0.717, 1.165) is 31.6 Å². The van der Waals surface area contributed by atoms with Crippen LogP contribution < -0.4 is 0 Å². The number of halogens is 1. The van der Waals surface area contributed by atoms with Gasteiger partial charge < -0.3 is 5.11 Å². The molecule has 0 bridgehead atoms.